The number of nitrogens with zero attached hydrogens (tertiary/aromatic N) is 1. The lowest BCUT2D eigenvalue weighted by molar-refractivity contribution is -0.144. The van der Waals surface area contributed by atoms with E-state index in [1.54, 1.807) is 25.7 Å². The van der Waals surface area contributed by atoms with E-state index in [1.807, 2.05) is 84.9 Å². The van der Waals surface area contributed by atoms with Gasteiger partial charge in [-0.1, -0.05) is 69.7 Å². The zero-order valence-corrected chi connectivity index (χ0v) is 28.6. The van der Waals surface area contributed by atoms with Gasteiger partial charge in [0.25, 0.3) is 5.91 Å². The third-order valence-corrected chi connectivity index (χ3v) is 7.57. The van der Waals surface area contributed by atoms with E-state index < -0.39 is 23.8 Å². The highest BCUT2D eigenvalue weighted by molar-refractivity contribution is 6.00. The Bertz CT molecular complexity index is 1240. The van der Waals surface area contributed by atoms with E-state index in [9.17, 15) is 14.4 Å². The molecular weight excluding hydrogens is 538 g/mol. The van der Waals surface area contributed by atoms with Gasteiger partial charge >= 0.3 is 6.09 Å². The predicted octanol–water partition coefficient (Wildman–Crippen LogP) is 8.19. The van der Waals surface area contributed by atoms with Crippen LogP contribution in [0.1, 0.15) is 109 Å². The standard InChI is InChI=1S/C36H55N3O4/c1-22(2)16-19-28(9)39(34(41)30(20-23(3)4)37-35(42)43-36(10,11)12)32(29-21-24(5)17-18-25(29)6)33(40)38-31-26(7)14-13-15-27(31)8/h13-15,17-18,21-23,28,30,32H,16,19-20H2,1-12H3,(H,37,42)(H,38,40). The second-order valence-electron chi connectivity index (χ2n) is 13.9. The molecule has 0 aromatic heterocycles. The lowest BCUT2D eigenvalue weighted by Crippen LogP contribution is -2.55. The number of carbonyl (C=O) groups is 3. The molecule has 0 fully saturated rings. The van der Waals surface area contributed by atoms with Crippen molar-refractivity contribution in [1.82, 2.24) is 10.2 Å². The van der Waals surface area contributed by atoms with Crippen molar-refractivity contribution in [3.05, 3.63) is 64.2 Å². The van der Waals surface area contributed by atoms with Gasteiger partial charge in [-0.15, -0.1) is 0 Å². The number of hydrogen-bond acceptors (Lipinski definition) is 4. The van der Waals surface area contributed by atoms with Crippen molar-refractivity contribution < 1.29 is 19.1 Å². The number of para-hydroxylation sites is 1. The third kappa shape index (κ3) is 10.7. The van der Waals surface area contributed by atoms with Crippen molar-refractivity contribution in [2.24, 2.45) is 11.8 Å². The van der Waals surface area contributed by atoms with Gasteiger partial charge in [-0.3, -0.25) is 9.59 Å². The highest BCUT2D eigenvalue weighted by Crippen LogP contribution is 2.32. The highest BCUT2D eigenvalue weighted by Gasteiger charge is 2.40. The Kier molecular flexibility index (Phi) is 12.8. The molecule has 0 saturated heterocycles. The van der Waals surface area contributed by atoms with Crippen LogP contribution in [-0.2, 0) is 14.3 Å². The van der Waals surface area contributed by atoms with E-state index in [1.165, 1.54) is 0 Å². The summed E-state index contributed by atoms with van der Waals surface area (Å²) in [4.78, 5) is 43.9. The Morgan fingerprint density at radius 1 is 0.837 bits per heavy atom. The largest absolute Gasteiger partial charge is 0.444 e. The fourth-order valence-corrected chi connectivity index (χ4v) is 5.31. The molecule has 7 nitrogen and oxygen atoms in total. The first-order chi connectivity index (χ1) is 19.9. The fraction of sp³-hybridized carbons (Fsp3) is 0.583. The molecule has 0 aliphatic heterocycles. The van der Waals surface area contributed by atoms with Gasteiger partial charge in [0.15, 0.2) is 0 Å². The number of ether oxygens (including phenoxy) is 1. The Hall–Kier alpha value is -3.35. The van der Waals surface area contributed by atoms with Crippen molar-refractivity contribution in [3.8, 4) is 0 Å². The summed E-state index contributed by atoms with van der Waals surface area (Å²) >= 11 is 0. The molecule has 2 aromatic rings. The Morgan fingerprint density at radius 3 is 1.98 bits per heavy atom. The van der Waals surface area contributed by atoms with Crippen LogP contribution in [0, 0.1) is 39.5 Å². The van der Waals surface area contributed by atoms with Crippen LogP contribution in [0.2, 0.25) is 0 Å². The number of rotatable bonds is 12. The Balaban J connectivity index is 2.74. The van der Waals surface area contributed by atoms with Crippen LogP contribution >= 0.6 is 0 Å². The highest BCUT2D eigenvalue weighted by atomic mass is 16.6. The minimum absolute atomic E-state index is 0.110. The van der Waals surface area contributed by atoms with Crippen LogP contribution in [0.5, 0.6) is 0 Å². The normalized spacial score (nSPS) is 13.8. The Labute approximate surface area is 260 Å². The monoisotopic (exact) mass is 593 g/mol. The van der Waals surface area contributed by atoms with Gasteiger partial charge in [0.2, 0.25) is 5.91 Å². The topological polar surface area (TPSA) is 87.7 Å². The number of alkyl carbamates (subject to hydrolysis) is 1. The number of nitrogens with one attached hydrogen (secondary N) is 2. The molecule has 0 bridgehead atoms. The van der Waals surface area contributed by atoms with E-state index >= 15 is 0 Å². The van der Waals surface area contributed by atoms with Crippen LogP contribution < -0.4 is 10.6 Å². The summed E-state index contributed by atoms with van der Waals surface area (Å²) in [5, 5.41) is 6.05. The molecule has 0 radical (unpaired) electrons. The molecule has 238 valence electrons. The molecule has 2 rings (SSSR count). The first kappa shape index (κ1) is 35.8. The summed E-state index contributed by atoms with van der Waals surface area (Å²) in [6, 6.07) is 9.85. The zero-order chi connectivity index (χ0) is 32.6. The van der Waals surface area contributed by atoms with E-state index in [2.05, 4.69) is 24.5 Å². The second-order valence-corrected chi connectivity index (χ2v) is 13.9. The number of aryl methyl sites for hydroxylation is 4. The van der Waals surface area contributed by atoms with Gasteiger partial charge in [0, 0.05) is 11.7 Å². The average Bonchev–Trinajstić information content (AvgIpc) is 2.87. The maximum Gasteiger partial charge on any atom is 0.408 e. The third-order valence-electron chi connectivity index (χ3n) is 7.57. The van der Waals surface area contributed by atoms with Crippen LogP contribution in [0.15, 0.2) is 36.4 Å². The van der Waals surface area contributed by atoms with Crippen molar-refractivity contribution in [2.75, 3.05) is 5.32 Å². The summed E-state index contributed by atoms with van der Waals surface area (Å²) in [6.45, 7) is 23.6. The van der Waals surface area contributed by atoms with Crippen molar-refractivity contribution >= 4 is 23.6 Å². The minimum atomic E-state index is -0.913. The van der Waals surface area contributed by atoms with Gasteiger partial charge in [0.05, 0.1) is 0 Å². The molecular formula is C36H55N3O4. The number of benzene rings is 2. The minimum Gasteiger partial charge on any atom is -0.444 e. The lowest BCUT2D eigenvalue weighted by Gasteiger charge is -2.39. The van der Waals surface area contributed by atoms with E-state index in [0.717, 1.165) is 39.9 Å². The number of carbonyl (C=O) groups excluding carboxylic acids is 3. The maximum absolute atomic E-state index is 14.7. The van der Waals surface area contributed by atoms with Gasteiger partial charge in [-0.25, -0.2) is 4.79 Å². The van der Waals surface area contributed by atoms with Crippen molar-refractivity contribution in [1.29, 1.82) is 0 Å². The van der Waals surface area contributed by atoms with Gasteiger partial charge in [0.1, 0.15) is 17.7 Å². The molecule has 2 N–H and O–H groups in total. The number of amides is 3. The molecule has 7 heteroatoms. The summed E-state index contributed by atoms with van der Waals surface area (Å²) in [5.74, 6) is -0.0394. The van der Waals surface area contributed by atoms with Gasteiger partial charge in [-0.05, 0) is 109 Å². The molecule has 0 saturated carbocycles. The maximum atomic E-state index is 14.7. The summed E-state index contributed by atoms with van der Waals surface area (Å²) in [7, 11) is 0. The van der Waals surface area contributed by atoms with E-state index in [4.69, 9.17) is 4.74 Å². The SMILES string of the molecule is Cc1ccc(C)c(C(C(=O)Nc2c(C)cccc2C)N(C(=O)C(CC(C)C)NC(=O)OC(C)(C)C)C(C)CCC(C)C)c1. The fourth-order valence-electron chi connectivity index (χ4n) is 5.31. The van der Waals surface area contributed by atoms with Gasteiger partial charge in [-0.2, -0.15) is 0 Å². The lowest BCUT2D eigenvalue weighted by atomic mass is 9.92. The van der Waals surface area contributed by atoms with Crippen molar-refractivity contribution in [2.45, 2.75) is 126 Å². The number of anilines is 1. The predicted molar refractivity (Wildman–Crippen MR) is 176 cm³/mol. The summed E-state index contributed by atoms with van der Waals surface area (Å²) < 4.78 is 5.55. The second kappa shape index (κ2) is 15.4. The molecule has 0 heterocycles. The van der Waals surface area contributed by atoms with E-state index in [-0.39, 0.29) is 23.8 Å². The quantitative estimate of drug-likeness (QED) is 0.260. The molecule has 43 heavy (non-hydrogen) atoms. The van der Waals surface area contributed by atoms with Crippen LogP contribution in [0.25, 0.3) is 0 Å². The smallest absolute Gasteiger partial charge is 0.408 e. The first-order valence-electron chi connectivity index (χ1n) is 15.7. The summed E-state index contributed by atoms with van der Waals surface area (Å²) in [5.41, 5.74) is 4.61. The molecule has 3 unspecified atom stereocenters. The van der Waals surface area contributed by atoms with Crippen molar-refractivity contribution in [3.63, 3.8) is 0 Å². The molecule has 3 atom stereocenters. The van der Waals surface area contributed by atoms with Crippen LogP contribution in [-0.4, -0.2) is 40.5 Å². The van der Waals surface area contributed by atoms with Crippen LogP contribution in [0.4, 0.5) is 10.5 Å². The van der Waals surface area contributed by atoms with Gasteiger partial charge < -0.3 is 20.3 Å². The van der Waals surface area contributed by atoms with E-state index in [0.29, 0.717) is 18.8 Å². The molecule has 3 amide bonds. The number of hydrogen-bond donors (Lipinski definition) is 2. The average molecular weight is 594 g/mol. The van der Waals surface area contributed by atoms with Crippen LogP contribution in [0.3, 0.4) is 0 Å². The molecule has 2 aromatic carbocycles. The molecule has 0 aliphatic rings. The first-order valence-corrected chi connectivity index (χ1v) is 15.7. The zero-order valence-electron chi connectivity index (χ0n) is 28.6. The molecule has 0 spiro atoms. The Morgan fingerprint density at radius 2 is 1.44 bits per heavy atom. The summed E-state index contributed by atoms with van der Waals surface area (Å²) in [6.07, 6.45) is 1.35. The molecule has 0 aliphatic carbocycles.